The third kappa shape index (κ3) is 2.10. The number of hydrogen-bond donors (Lipinski definition) is 1. The Kier molecular flexibility index (Phi) is 2.88. The smallest absolute Gasteiger partial charge is 0.142 e. The van der Waals surface area contributed by atoms with Crippen molar-refractivity contribution in [2.75, 3.05) is 17.7 Å². The van der Waals surface area contributed by atoms with Crippen LogP contribution < -0.4 is 10.6 Å². The molecule has 2 aromatic heterocycles. The van der Waals surface area contributed by atoms with E-state index in [0.29, 0.717) is 5.82 Å². The van der Waals surface area contributed by atoms with E-state index in [9.17, 15) is 0 Å². The molecule has 0 saturated carbocycles. The quantitative estimate of drug-likeness (QED) is 0.893. The van der Waals surface area contributed by atoms with Gasteiger partial charge in [0.15, 0.2) is 0 Å². The first-order chi connectivity index (χ1) is 7.18. The number of aromatic nitrogens is 2. The van der Waals surface area contributed by atoms with Crippen molar-refractivity contribution in [3.63, 3.8) is 0 Å². The van der Waals surface area contributed by atoms with Crippen molar-refractivity contribution in [3.05, 3.63) is 22.1 Å². The Labute approximate surface area is 96.5 Å². The summed E-state index contributed by atoms with van der Waals surface area (Å²) in [4.78, 5) is 6.37. The highest BCUT2D eigenvalue weighted by molar-refractivity contribution is 7.10. The van der Waals surface area contributed by atoms with Crippen LogP contribution in [0.4, 0.5) is 10.8 Å². The lowest BCUT2D eigenvalue weighted by Crippen LogP contribution is -2.16. The van der Waals surface area contributed by atoms with Gasteiger partial charge in [0.2, 0.25) is 0 Å². The molecule has 6 heteroatoms. The van der Waals surface area contributed by atoms with Crippen molar-refractivity contribution >= 4 is 33.7 Å². The van der Waals surface area contributed by atoms with Crippen molar-refractivity contribution < 1.29 is 0 Å². The molecule has 4 nitrogen and oxygen atoms in total. The van der Waals surface area contributed by atoms with E-state index in [4.69, 9.17) is 5.73 Å². The van der Waals surface area contributed by atoms with E-state index in [-0.39, 0.29) is 0 Å². The van der Waals surface area contributed by atoms with Crippen LogP contribution in [0.5, 0.6) is 0 Å². The van der Waals surface area contributed by atoms with Gasteiger partial charge in [0.25, 0.3) is 0 Å². The first kappa shape index (κ1) is 10.4. The van der Waals surface area contributed by atoms with Crippen LogP contribution >= 0.6 is 22.9 Å². The minimum atomic E-state index is 0.625. The molecule has 0 aliphatic heterocycles. The molecule has 0 saturated heterocycles. The molecule has 0 spiro atoms. The summed E-state index contributed by atoms with van der Waals surface area (Å²) in [6.45, 7) is 2.79. The van der Waals surface area contributed by atoms with E-state index in [1.807, 2.05) is 19.5 Å². The van der Waals surface area contributed by atoms with Crippen molar-refractivity contribution in [3.8, 4) is 0 Å². The van der Waals surface area contributed by atoms with Gasteiger partial charge in [-0.15, -0.1) is 11.3 Å². The van der Waals surface area contributed by atoms with Crippen molar-refractivity contribution in [2.24, 2.45) is 0 Å². The number of nitrogens with zero attached hydrogens (tertiary/aromatic N) is 3. The second-order valence-corrected chi connectivity index (χ2v) is 4.80. The first-order valence-corrected chi connectivity index (χ1v) is 6.20. The lowest BCUT2D eigenvalue weighted by Gasteiger charge is -2.15. The molecule has 0 aliphatic carbocycles. The molecule has 0 bridgehead atoms. The third-order valence-electron chi connectivity index (χ3n) is 2.16. The Morgan fingerprint density at radius 2 is 2.33 bits per heavy atom. The zero-order valence-corrected chi connectivity index (χ0v) is 10.2. The van der Waals surface area contributed by atoms with Crippen LogP contribution in [-0.4, -0.2) is 16.4 Å². The number of anilines is 2. The van der Waals surface area contributed by atoms with E-state index in [2.05, 4.69) is 19.6 Å². The lowest BCUT2D eigenvalue weighted by molar-refractivity contribution is 0.901. The molecule has 0 fully saturated rings. The molecule has 0 amide bonds. The van der Waals surface area contributed by atoms with Crippen LogP contribution in [0.2, 0.25) is 0 Å². The zero-order chi connectivity index (χ0) is 10.8. The van der Waals surface area contributed by atoms with E-state index in [1.54, 1.807) is 11.3 Å². The maximum absolute atomic E-state index is 5.71. The van der Waals surface area contributed by atoms with Crippen LogP contribution in [0.3, 0.4) is 0 Å². The van der Waals surface area contributed by atoms with Gasteiger partial charge in [0.1, 0.15) is 10.8 Å². The monoisotopic (exact) mass is 240 g/mol. The van der Waals surface area contributed by atoms with Crippen molar-refractivity contribution in [1.82, 2.24) is 9.36 Å². The molecule has 2 rings (SSSR count). The number of hydrogen-bond acceptors (Lipinski definition) is 6. The molecule has 0 atom stereocenters. The summed E-state index contributed by atoms with van der Waals surface area (Å²) in [5, 5.41) is 3.16. The summed E-state index contributed by atoms with van der Waals surface area (Å²) < 4.78 is 4.13. The fraction of sp³-hybridized carbons (Fsp3) is 0.333. The Bertz CT molecular complexity index is 435. The molecule has 0 aromatic carbocycles. The zero-order valence-electron chi connectivity index (χ0n) is 8.60. The van der Waals surface area contributed by atoms with Gasteiger partial charge in [0, 0.05) is 18.0 Å². The topological polar surface area (TPSA) is 55.0 Å². The lowest BCUT2D eigenvalue weighted by atomic mass is 10.3. The van der Waals surface area contributed by atoms with Crippen molar-refractivity contribution in [1.29, 1.82) is 0 Å². The van der Waals surface area contributed by atoms with E-state index >= 15 is 0 Å². The molecule has 2 N–H and O–H groups in total. The van der Waals surface area contributed by atoms with Gasteiger partial charge in [0.05, 0.1) is 17.7 Å². The molecule has 0 aliphatic rings. The molecular formula is C9H12N4S2. The highest BCUT2D eigenvalue weighted by atomic mass is 32.1. The highest BCUT2D eigenvalue weighted by Crippen LogP contribution is 2.29. The number of nitrogens with two attached hydrogens (primary N) is 1. The predicted octanol–water partition coefficient (Wildman–Crippen LogP) is 2.13. The van der Waals surface area contributed by atoms with Crippen LogP contribution in [0.15, 0.2) is 10.9 Å². The molecule has 2 aromatic rings. The molecular weight excluding hydrogens is 228 g/mol. The predicted molar refractivity (Wildman–Crippen MR) is 65.5 cm³/mol. The number of nitrogen functional groups attached to an aromatic ring is 1. The Balaban J connectivity index is 2.14. The van der Waals surface area contributed by atoms with Gasteiger partial charge in [-0.05, 0) is 18.5 Å². The van der Waals surface area contributed by atoms with Crippen LogP contribution in [0, 0.1) is 6.92 Å². The minimum Gasteiger partial charge on any atom is -0.383 e. The largest absolute Gasteiger partial charge is 0.383 e. The molecule has 15 heavy (non-hydrogen) atoms. The standard InChI is InChI=1S/C9H12N4S2/c1-6-8(10)12-15-9(6)13(2)3-7-4-14-5-11-7/h4-5H,3H2,1-2H3,(H2,10,12). The fourth-order valence-corrected chi connectivity index (χ4v) is 2.64. The molecule has 2 heterocycles. The maximum Gasteiger partial charge on any atom is 0.142 e. The van der Waals surface area contributed by atoms with Gasteiger partial charge < -0.3 is 10.6 Å². The second-order valence-electron chi connectivity index (χ2n) is 3.33. The van der Waals surface area contributed by atoms with Crippen molar-refractivity contribution in [2.45, 2.75) is 13.5 Å². The summed E-state index contributed by atoms with van der Waals surface area (Å²) in [6, 6.07) is 0. The van der Waals surface area contributed by atoms with E-state index < -0.39 is 0 Å². The normalized spacial score (nSPS) is 10.5. The summed E-state index contributed by atoms with van der Waals surface area (Å²) >= 11 is 3.04. The minimum absolute atomic E-state index is 0.625. The number of rotatable bonds is 3. The average molecular weight is 240 g/mol. The summed E-state index contributed by atoms with van der Waals surface area (Å²) in [5.74, 6) is 0.625. The third-order valence-corrected chi connectivity index (χ3v) is 3.88. The fourth-order valence-electron chi connectivity index (χ4n) is 1.33. The van der Waals surface area contributed by atoms with Gasteiger partial charge in [-0.2, -0.15) is 4.37 Å². The first-order valence-electron chi connectivity index (χ1n) is 4.48. The summed E-state index contributed by atoms with van der Waals surface area (Å²) in [5.41, 5.74) is 9.69. The maximum atomic E-state index is 5.71. The highest BCUT2D eigenvalue weighted by Gasteiger charge is 2.11. The summed E-state index contributed by atoms with van der Waals surface area (Å²) in [6.07, 6.45) is 0. The van der Waals surface area contributed by atoms with E-state index in [0.717, 1.165) is 22.8 Å². The molecule has 0 unspecified atom stereocenters. The number of thiazole rings is 1. The molecule has 80 valence electrons. The Morgan fingerprint density at radius 3 is 2.87 bits per heavy atom. The molecule has 0 radical (unpaired) electrons. The SMILES string of the molecule is Cc1c(N)nsc1N(C)Cc1cscn1. The van der Waals surface area contributed by atoms with E-state index in [1.165, 1.54) is 11.5 Å². The van der Waals surface area contributed by atoms with Gasteiger partial charge in [-0.3, -0.25) is 0 Å². The van der Waals surface area contributed by atoms with Crippen LogP contribution in [-0.2, 0) is 6.54 Å². The van der Waals surface area contributed by atoms with Gasteiger partial charge in [-0.1, -0.05) is 0 Å². The van der Waals surface area contributed by atoms with Gasteiger partial charge >= 0.3 is 0 Å². The van der Waals surface area contributed by atoms with Crippen LogP contribution in [0.1, 0.15) is 11.3 Å². The Morgan fingerprint density at radius 1 is 1.53 bits per heavy atom. The Hall–Kier alpha value is -1.14. The average Bonchev–Trinajstić information content (AvgIpc) is 2.79. The second kappa shape index (κ2) is 4.16. The van der Waals surface area contributed by atoms with Gasteiger partial charge in [-0.25, -0.2) is 4.98 Å². The van der Waals surface area contributed by atoms with Crippen LogP contribution in [0.25, 0.3) is 0 Å². The summed E-state index contributed by atoms with van der Waals surface area (Å²) in [7, 11) is 2.03.